The van der Waals surface area contributed by atoms with E-state index in [2.05, 4.69) is 15.5 Å². The van der Waals surface area contributed by atoms with E-state index in [-0.39, 0.29) is 35.7 Å². The second kappa shape index (κ2) is 8.82. The molecule has 0 radical (unpaired) electrons. The molecule has 5 rings (SSSR count). The number of fused-ring (bicyclic) bond motifs is 1. The van der Waals surface area contributed by atoms with Crippen molar-refractivity contribution in [1.29, 1.82) is 0 Å². The first-order chi connectivity index (χ1) is 17.3. The molecule has 11 heteroatoms. The number of pyridine rings is 1. The highest BCUT2D eigenvalue weighted by atomic mass is 19.3. The van der Waals surface area contributed by atoms with E-state index in [0.717, 1.165) is 36.0 Å². The molecule has 2 heterocycles. The molecule has 3 aliphatic rings. The number of anilines is 1. The van der Waals surface area contributed by atoms with Crippen molar-refractivity contribution in [3.63, 3.8) is 0 Å². The maximum absolute atomic E-state index is 14.9. The maximum atomic E-state index is 14.9. The summed E-state index contributed by atoms with van der Waals surface area (Å²) in [5.41, 5.74) is -1.40. The number of nitrogens with one attached hydrogen (secondary N) is 2. The van der Waals surface area contributed by atoms with Gasteiger partial charge in [0.15, 0.2) is 0 Å². The van der Waals surface area contributed by atoms with Crippen molar-refractivity contribution in [1.82, 2.24) is 14.8 Å². The largest absolute Gasteiger partial charge is 0.381 e. The minimum Gasteiger partial charge on any atom is -0.381 e. The van der Waals surface area contributed by atoms with Crippen LogP contribution in [0.25, 0.3) is 0 Å². The fourth-order valence-electron chi connectivity index (χ4n) is 5.63. The third kappa shape index (κ3) is 4.62. The molecule has 3 fully saturated rings. The summed E-state index contributed by atoms with van der Waals surface area (Å²) in [4.78, 5) is 28.3. The van der Waals surface area contributed by atoms with Gasteiger partial charge in [0.05, 0.1) is 22.9 Å². The van der Waals surface area contributed by atoms with Gasteiger partial charge in [-0.1, -0.05) is 18.2 Å². The van der Waals surface area contributed by atoms with E-state index >= 15 is 0 Å². The van der Waals surface area contributed by atoms with Crippen LogP contribution >= 0.6 is 0 Å². The second-order valence-corrected chi connectivity index (χ2v) is 10.7. The highest BCUT2D eigenvalue weighted by Gasteiger charge is 2.55. The van der Waals surface area contributed by atoms with Gasteiger partial charge >= 0.3 is 0 Å². The van der Waals surface area contributed by atoms with Crippen molar-refractivity contribution in [3.05, 3.63) is 63.3 Å². The van der Waals surface area contributed by atoms with Crippen LogP contribution in [-0.4, -0.2) is 47.5 Å². The molecule has 1 unspecified atom stereocenters. The lowest BCUT2D eigenvalue weighted by molar-refractivity contribution is -0.123. The number of rotatable bonds is 7. The van der Waals surface area contributed by atoms with E-state index in [1.807, 2.05) is 7.05 Å². The number of benzene rings is 1. The molecule has 37 heavy (non-hydrogen) atoms. The molecule has 5 atom stereocenters. The van der Waals surface area contributed by atoms with Gasteiger partial charge in [-0.05, 0) is 32.2 Å². The van der Waals surface area contributed by atoms with Crippen molar-refractivity contribution < 1.29 is 26.7 Å². The molecule has 1 aromatic carbocycles. The number of alkyl halides is 4. The Morgan fingerprint density at radius 3 is 2.46 bits per heavy atom. The Hall–Kier alpha value is -2.95. The lowest BCUT2D eigenvalue weighted by atomic mass is 9.87. The van der Waals surface area contributed by atoms with E-state index in [9.17, 15) is 31.5 Å². The van der Waals surface area contributed by atoms with Gasteiger partial charge in [-0.3, -0.25) is 9.59 Å². The normalized spacial score (nSPS) is 27.2. The number of piperidine rings is 1. The van der Waals surface area contributed by atoms with E-state index in [1.165, 1.54) is 19.1 Å². The number of likely N-dealkylation sites (tertiary alicyclic amines) is 1. The fourth-order valence-corrected chi connectivity index (χ4v) is 5.63. The summed E-state index contributed by atoms with van der Waals surface area (Å²) in [7, 11) is 2.01. The summed E-state index contributed by atoms with van der Waals surface area (Å²) >= 11 is 0. The Morgan fingerprint density at radius 1 is 1.22 bits per heavy atom. The lowest BCUT2D eigenvalue weighted by Crippen LogP contribution is -2.45. The van der Waals surface area contributed by atoms with Crippen LogP contribution in [-0.2, 0) is 5.92 Å². The molecule has 1 amide bonds. The molecule has 2 aliphatic carbocycles. The van der Waals surface area contributed by atoms with Crippen LogP contribution in [0.3, 0.4) is 0 Å². The average Bonchev–Trinajstić information content (AvgIpc) is 3.23. The summed E-state index contributed by atoms with van der Waals surface area (Å²) in [6.07, 6.45) is 0.875. The maximum Gasteiger partial charge on any atom is 0.273 e. The summed E-state index contributed by atoms with van der Waals surface area (Å²) in [6, 6.07) is 2.39. The highest BCUT2D eigenvalue weighted by molar-refractivity contribution is 5.99. The van der Waals surface area contributed by atoms with Crippen LogP contribution in [0.2, 0.25) is 0 Å². The summed E-state index contributed by atoms with van der Waals surface area (Å²) < 4.78 is 71.7. The van der Waals surface area contributed by atoms with Gasteiger partial charge in [0, 0.05) is 50.3 Å². The zero-order valence-corrected chi connectivity index (χ0v) is 20.7. The molecule has 1 saturated heterocycles. The van der Waals surface area contributed by atoms with E-state index < -0.39 is 46.8 Å². The number of halogens is 5. The van der Waals surface area contributed by atoms with Crippen molar-refractivity contribution >= 4 is 11.6 Å². The molecule has 0 spiro atoms. The smallest absolute Gasteiger partial charge is 0.273 e. The quantitative estimate of drug-likeness (QED) is 0.523. The van der Waals surface area contributed by atoms with Gasteiger partial charge in [-0.15, -0.1) is 0 Å². The molecule has 1 aromatic heterocycles. The Labute approximate surface area is 210 Å². The first kappa shape index (κ1) is 25.7. The Balaban J connectivity index is 1.45. The van der Waals surface area contributed by atoms with E-state index in [4.69, 9.17) is 0 Å². The van der Waals surface area contributed by atoms with Crippen LogP contribution < -0.4 is 16.2 Å². The number of carbonyl (C=O) groups is 1. The number of hydrogen-bond donors (Lipinski definition) is 2. The van der Waals surface area contributed by atoms with Gasteiger partial charge in [0.25, 0.3) is 23.3 Å². The first-order valence-electron chi connectivity index (χ1n) is 12.3. The number of amides is 1. The first-order valence-corrected chi connectivity index (χ1v) is 12.3. The monoisotopic (exact) mass is 524 g/mol. The Kier molecular flexibility index (Phi) is 6.12. The zero-order chi connectivity index (χ0) is 26.9. The van der Waals surface area contributed by atoms with Crippen LogP contribution in [0.5, 0.6) is 0 Å². The molecular formula is C26H29F5N4O2. The molecule has 2 saturated carbocycles. The van der Waals surface area contributed by atoms with Crippen LogP contribution in [0.15, 0.2) is 35.3 Å². The minimum absolute atomic E-state index is 0.0372. The van der Waals surface area contributed by atoms with Crippen molar-refractivity contribution in [2.24, 2.45) is 11.8 Å². The third-order valence-corrected chi connectivity index (χ3v) is 7.91. The Morgan fingerprint density at radius 2 is 1.89 bits per heavy atom. The van der Waals surface area contributed by atoms with Gasteiger partial charge in [0.1, 0.15) is 11.9 Å². The van der Waals surface area contributed by atoms with Gasteiger partial charge in [0.2, 0.25) is 0 Å². The number of hydrogen-bond acceptors (Lipinski definition) is 4. The van der Waals surface area contributed by atoms with E-state index in [0.29, 0.717) is 18.8 Å². The molecule has 1 aliphatic heterocycles. The Bertz CT molecular complexity index is 1280. The lowest BCUT2D eigenvalue weighted by Gasteiger charge is -2.37. The highest BCUT2D eigenvalue weighted by Crippen LogP contribution is 2.48. The van der Waals surface area contributed by atoms with Crippen LogP contribution in [0, 0.1) is 17.7 Å². The zero-order valence-electron chi connectivity index (χ0n) is 20.7. The molecule has 2 N–H and O–H groups in total. The van der Waals surface area contributed by atoms with Crippen LogP contribution in [0.1, 0.15) is 60.3 Å². The van der Waals surface area contributed by atoms with E-state index in [1.54, 1.807) is 0 Å². The third-order valence-electron chi connectivity index (χ3n) is 7.91. The number of carbonyl (C=O) groups excluding carboxylic acids is 1. The van der Waals surface area contributed by atoms with Crippen LogP contribution in [0.4, 0.5) is 27.6 Å². The summed E-state index contributed by atoms with van der Waals surface area (Å²) in [5.74, 6) is -7.64. The SMILES string of the molecule is C[C@@H](NC(=O)c1cn([C@@H]2CCC2(F)F)c(=O)cc1NC1[C@H]2CN(C)C[C@@H]12)c1cccc(C(C)(F)F)c1F. The predicted octanol–water partition coefficient (Wildman–Crippen LogP) is 4.53. The summed E-state index contributed by atoms with van der Waals surface area (Å²) in [5, 5.41) is 5.83. The van der Waals surface area contributed by atoms with Gasteiger partial charge in [-0.2, -0.15) is 0 Å². The number of nitrogens with zero attached hydrogens (tertiary/aromatic N) is 2. The molecular weight excluding hydrogens is 495 g/mol. The average molecular weight is 525 g/mol. The molecule has 200 valence electrons. The van der Waals surface area contributed by atoms with Crippen molar-refractivity contribution in [2.75, 3.05) is 25.5 Å². The van der Waals surface area contributed by atoms with Gasteiger partial charge in [-0.25, -0.2) is 22.0 Å². The fraction of sp³-hybridized carbons (Fsp3) is 0.538. The topological polar surface area (TPSA) is 66.4 Å². The van der Waals surface area contributed by atoms with Crippen molar-refractivity contribution in [3.8, 4) is 0 Å². The second-order valence-electron chi connectivity index (χ2n) is 10.7. The summed E-state index contributed by atoms with van der Waals surface area (Å²) in [6.45, 7) is 3.76. The molecule has 6 nitrogen and oxygen atoms in total. The van der Waals surface area contributed by atoms with Gasteiger partial charge < -0.3 is 20.1 Å². The minimum atomic E-state index is -3.42. The number of aromatic nitrogens is 1. The molecule has 2 aromatic rings. The predicted molar refractivity (Wildman–Crippen MR) is 128 cm³/mol. The van der Waals surface area contributed by atoms with Crippen molar-refractivity contribution in [2.45, 2.75) is 56.7 Å². The standard InChI is InChI=1S/C26H29F5N4O2/c1-13(14-5-4-6-18(22(14)27)25(2,28)29)32-24(37)17-12-35(20-7-8-26(20,30)31)21(36)9-19(17)33-23-15-10-34(3)11-16(15)23/h4-6,9,12-13,15-16,20,23,33H,7-8,10-11H2,1-3H3,(H,32,37)/t13-,15-,16+,20-,23?/m1/s1. The molecule has 0 bridgehead atoms.